The van der Waals surface area contributed by atoms with Crippen molar-refractivity contribution in [2.24, 2.45) is 0 Å². The number of carbonyl (C=O) groups is 1. The number of amides is 1. The molecule has 2 aromatic rings. The molecule has 1 unspecified atom stereocenters. The van der Waals surface area contributed by atoms with Gasteiger partial charge in [0.05, 0.1) is 6.26 Å². The van der Waals surface area contributed by atoms with Crippen LogP contribution in [0.25, 0.3) is 0 Å². The molecule has 0 aliphatic heterocycles. The van der Waals surface area contributed by atoms with Gasteiger partial charge in [-0.3, -0.25) is 5.32 Å². The van der Waals surface area contributed by atoms with Crippen molar-refractivity contribution in [3.8, 4) is 0 Å². The van der Waals surface area contributed by atoms with Gasteiger partial charge < -0.3 is 14.1 Å². The van der Waals surface area contributed by atoms with Gasteiger partial charge in [-0.15, -0.1) is 0 Å². The quantitative estimate of drug-likeness (QED) is 0.836. The van der Waals surface area contributed by atoms with Crippen LogP contribution in [-0.2, 0) is 4.74 Å². The molecule has 0 aliphatic carbocycles. The average Bonchev–Trinajstić information content (AvgIpc) is 3.05. The first-order valence-corrected chi connectivity index (χ1v) is 7.91. The lowest BCUT2D eigenvalue weighted by Crippen LogP contribution is -2.22. The molecular weight excluding hydrogens is 292 g/mol. The number of benzene rings is 1. The van der Waals surface area contributed by atoms with Gasteiger partial charge in [0.2, 0.25) is 0 Å². The van der Waals surface area contributed by atoms with E-state index in [1.165, 1.54) is 0 Å². The lowest BCUT2D eigenvalue weighted by molar-refractivity contribution is 0.108. The van der Waals surface area contributed by atoms with Crippen LogP contribution in [0.1, 0.15) is 38.2 Å². The molecule has 1 aromatic carbocycles. The number of hydrogen-bond acceptors (Lipinski definition) is 4. The summed E-state index contributed by atoms with van der Waals surface area (Å²) in [5, 5.41) is 2.78. The van der Waals surface area contributed by atoms with Gasteiger partial charge in [0.1, 0.15) is 5.76 Å². The molecule has 1 atom stereocenters. The summed E-state index contributed by atoms with van der Waals surface area (Å²) in [6.45, 7) is 9.89. The van der Waals surface area contributed by atoms with Gasteiger partial charge in [0.15, 0.2) is 6.10 Å². The Hall–Kier alpha value is -2.43. The molecule has 0 bridgehead atoms. The van der Waals surface area contributed by atoms with E-state index in [0.29, 0.717) is 5.76 Å². The number of nitrogens with one attached hydrogen (secondary N) is 1. The van der Waals surface area contributed by atoms with Crippen molar-refractivity contribution >= 4 is 17.5 Å². The molecule has 1 aromatic heterocycles. The lowest BCUT2D eigenvalue weighted by atomic mass is 10.1. The molecule has 1 N–H and O–H groups in total. The molecule has 1 heterocycles. The summed E-state index contributed by atoms with van der Waals surface area (Å²) in [6.07, 6.45) is 0.635. The first kappa shape index (κ1) is 16.9. The molecule has 23 heavy (non-hydrogen) atoms. The zero-order valence-corrected chi connectivity index (χ0v) is 14.1. The van der Waals surface area contributed by atoms with Crippen LogP contribution >= 0.6 is 0 Å². The summed E-state index contributed by atoms with van der Waals surface area (Å²) in [7, 11) is 0. The Bertz CT molecular complexity index is 634. The summed E-state index contributed by atoms with van der Waals surface area (Å²) in [4.78, 5) is 14.3. The van der Waals surface area contributed by atoms with Crippen molar-refractivity contribution in [2.45, 2.75) is 33.8 Å². The molecule has 0 radical (unpaired) electrons. The van der Waals surface area contributed by atoms with E-state index in [4.69, 9.17) is 9.15 Å². The number of hydrogen-bond donors (Lipinski definition) is 1. The van der Waals surface area contributed by atoms with E-state index in [9.17, 15) is 4.79 Å². The molecule has 5 heteroatoms. The molecule has 0 fully saturated rings. The Morgan fingerprint density at radius 3 is 2.61 bits per heavy atom. The third kappa shape index (κ3) is 4.28. The van der Waals surface area contributed by atoms with E-state index in [1.807, 2.05) is 19.1 Å². The van der Waals surface area contributed by atoms with E-state index in [0.717, 1.165) is 30.0 Å². The number of aryl methyl sites for hydroxylation is 1. The Morgan fingerprint density at radius 1 is 1.30 bits per heavy atom. The minimum Gasteiger partial charge on any atom is -0.465 e. The van der Waals surface area contributed by atoms with Gasteiger partial charge in [-0.25, -0.2) is 4.79 Å². The minimum atomic E-state index is -0.493. The van der Waals surface area contributed by atoms with Crippen molar-refractivity contribution in [2.75, 3.05) is 23.3 Å². The Kier molecular flexibility index (Phi) is 5.68. The van der Waals surface area contributed by atoms with E-state index < -0.39 is 12.2 Å². The van der Waals surface area contributed by atoms with Crippen LogP contribution in [0.4, 0.5) is 16.2 Å². The highest BCUT2D eigenvalue weighted by molar-refractivity contribution is 5.86. The van der Waals surface area contributed by atoms with Gasteiger partial charge in [-0.05, 0) is 63.6 Å². The highest BCUT2D eigenvalue weighted by Crippen LogP contribution is 2.24. The van der Waals surface area contributed by atoms with E-state index in [2.05, 4.69) is 30.1 Å². The molecule has 1 amide bonds. The number of ether oxygens (including phenoxy) is 1. The predicted molar refractivity (Wildman–Crippen MR) is 92.0 cm³/mol. The van der Waals surface area contributed by atoms with E-state index in [-0.39, 0.29) is 0 Å². The van der Waals surface area contributed by atoms with E-state index in [1.54, 1.807) is 25.3 Å². The number of rotatable bonds is 6. The number of furan rings is 1. The standard InChI is InChI=1S/C18H24N2O3/c1-5-20(6-2)15-9-10-16(13(3)12-15)19-18(21)23-14(4)17-8-7-11-22-17/h7-12,14H,5-6H2,1-4H3,(H,19,21). The lowest BCUT2D eigenvalue weighted by Gasteiger charge is -2.22. The topological polar surface area (TPSA) is 54.7 Å². The van der Waals surface area contributed by atoms with Crippen LogP contribution in [0, 0.1) is 6.92 Å². The summed E-state index contributed by atoms with van der Waals surface area (Å²) in [5.41, 5.74) is 2.89. The first-order chi connectivity index (χ1) is 11.0. The van der Waals surface area contributed by atoms with Crippen LogP contribution < -0.4 is 10.2 Å². The normalized spacial score (nSPS) is 11.8. The molecule has 124 valence electrons. The Morgan fingerprint density at radius 2 is 2.04 bits per heavy atom. The predicted octanol–water partition coefficient (Wildman–Crippen LogP) is 4.74. The highest BCUT2D eigenvalue weighted by Gasteiger charge is 2.15. The smallest absolute Gasteiger partial charge is 0.412 e. The van der Waals surface area contributed by atoms with Crippen LogP contribution in [0.2, 0.25) is 0 Å². The molecule has 0 saturated heterocycles. The van der Waals surface area contributed by atoms with E-state index >= 15 is 0 Å². The van der Waals surface area contributed by atoms with Crippen molar-refractivity contribution in [3.63, 3.8) is 0 Å². The maximum absolute atomic E-state index is 12.0. The maximum atomic E-state index is 12.0. The second-order valence-corrected chi connectivity index (χ2v) is 5.36. The number of carbonyl (C=O) groups excluding carboxylic acids is 1. The van der Waals surface area contributed by atoms with Crippen molar-refractivity contribution in [1.82, 2.24) is 0 Å². The summed E-state index contributed by atoms with van der Waals surface area (Å²) < 4.78 is 10.5. The molecule has 0 saturated carbocycles. The summed E-state index contributed by atoms with van der Waals surface area (Å²) in [5.74, 6) is 0.619. The Labute approximate surface area is 137 Å². The van der Waals surface area contributed by atoms with Crippen LogP contribution in [0.5, 0.6) is 0 Å². The first-order valence-electron chi connectivity index (χ1n) is 7.91. The average molecular weight is 316 g/mol. The second-order valence-electron chi connectivity index (χ2n) is 5.36. The largest absolute Gasteiger partial charge is 0.465 e. The van der Waals surface area contributed by atoms with Crippen LogP contribution in [0.15, 0.2) is 41.0 Å². The zero-order valence-electron chi connectivity index (χ0n) is 14.1. The molecule has 0 aliphatic rings. The van der Waals surface area contributed by atoms with Gasteiger partial charge >= 0.3 is 6.09 Å². The fourth-order valence-electron chi connectivity index (χ4n) is 2.45. The molecular formula is C18H24N2O3. The molecule has 0 spiro atoms. The summed E-state index contributed by atoms with van der Waals surface area (Å²) >= 11 is 0. The fourth-order valence-corrected chi connectivity index (χ4v) is 2.45. The van der Waals surface area contributed by atoms with Crippen molar-refractivity contribution < 1.29 is 13.9 Å². The third-order valence-electron chi connectivity index (χ3n) is 3.80. The SMILES string of the molecule is CCN(CC)c1ccc(NC(=O)OC(C)c2ccco2)c(C)c1. The van der Waals surface area contributed by atoms with Gasteiger partial charge in [0.25, 0.3) is 0 Å². The summed E-state index contributed by atoms with van der Waals surface area (Å²) in [6, 6.07) is 9.53. The monoisotopic (exact) mass is 316 g/mol. The highest BCUT2D eigenvalue weighted by atomic mass is 16.6. The van der Waals surface area contributed by atoms with Crippen molar-refractivity contribution in [3.05, 3.63) is 47.9 Å². The van der Waals surface area contributed by atoms with Crippen molar-refractivity contribution in [1.29, 1.82) is 0 Å². The maximum Gasteiger partial charge on any atom is 0.412 e. The van der Waals surface area contributed by atoms with Gasteiger partial charge in [-0.2, -0.15) is 0 Å². The Balaban J connectivity index is 2.01. The van der Waals surface area contributed by atoms with Crippen LogP contribution in [0.3, 0.4) is 0 Å². The van der Waals surface area contributed by atoms with Crippen LogP contribution in [-0.4, -0.2) is 19.2 Å². The number of anilines is 2. The molecule has 5 nitrogen and oxygen atoms in total. The second kappa shape index (κ2) is 7.72. The third-order valence-corrected chi connectivity index (χ3v) is 3.80. The van der Waals surface area contributed by atoms with Gasteiger partial charge in [0, 0.05) is 24.5 Å². The van der Waals surface area contributed by atoms with Gasteiger partial charge in [-0.1, -0.05) is 0 Å². The molecule has 2 rings (SSSR count). The minimum absolute atomic E-state index is 0.430. The fraction of sp³-hybridized carbons (Fsp3) is 0.389. The number of nitrogens with zero attached hydrogens (tertiary/aromatic N) is 1. The zero-order chi connectivity index (χ0) is 16.8.